The second-order valence-corrected chi connectivity index (χ2v) is 6.79. The molecule has 0 spiro atoms. The zero-order valence-electron chi connectivity index (χ0n) is 11.4. The lowest BCUT2D eigenvalue weighted by Gasteiger charge is -2.29. The number of carbonyl (C=O) groups excluding carboxylic acids is 1. The van der Waals surface area contributed by atoms with Crippen LogP contribution in [-0.4, -0.2) is 11.2 Å². The van der Waals surface area contributed by atoms with Gasteiger partial charge in [-0.15, -0.1) is 0 Å². The Morgan fingerprint density at radius 1 is 1.24 bits per heavy atom. The highest BCUT2D eigenvalue weighted by molar-refractivity contribution is 9.10. The second-order valence-electron chi connectivity index (χ2n) is 4.91. The first-order valence-electron chi connectivity index (χ1n) is 6.35. The van der Waals surface area contributed by atoms with Crippen molar-refractivity contribution in [2.45, 2.75) is 12.5 Å². The van der Waals surface area contributed by atoms with Crippen molar-refractivity contribution in [3.05, 3.63) is 69.2 Å². The van der Waals surface area contributed by atoms with Gasteiger partial charge in [0, 0.05) is 9.80 Å². The minimum absolute atomic E-state index is 0.196. The molecule has 0 aliphatic rings. The van der Waals surface area contributed by atoms with Gasteiger partial charge in [-0.3, -0.25) is 4.79 Å². The minimum Gasteiger partial charge on any atom is -0.342 e. The Balaban J connectivity index is 2.28. The van der Waals surface area contributed by atoms with E-state index in [1.54, 1.807) is 18.2 Å². The second kappa shape index (κ2) is 6.95. The molecule has 1 unspecified atom stereocenters. The van der Waals surface area contributed by atoms with E-state index in [9.17, 15) is 4.79 Å². The third-order valence-corrected chi connectivity index (χ3v) is 5.17. The summed E-state index contributed by atoms with van der Waals surface area (Å²) in [4.78, 5) is 12.5. The van der Waals surface area contributed by atoms with Crippen LogP contribution in [0.2, 0.25) is 5.02 Å². The molecule has 0 saturated carbocycles. The average molecular weight is 432 g/mol. The first kappa shape index (κ1) is 16.5. The Kier molecular flexibility index (Phi) is 5.47. The van der Waals surface area contributed by atoms with E-state index in [1.807, 2.05) is 37.3 Å². The van der Waals surface area contributed by atoms with Gasteiger partial charge in [-0.1, -0.05) is 73.8 Å². The van der Waals surface area contributed by atoms with Gasteiger partial charge >= 0.3 is 0 Å². The van der Waals surface area contributed by atoms with Crippen LogP contribution in [0.25, 0.3) is 0 Å². The van der Waals surface area contributed by atoms with E-state index < -0.39 is 5.54 Å². The van der Waals surface area contributed by atoms with Gasteiger partial charge in [0.05, 0.1) is 16.1 Å². The molecule has 2 aromatic carbocycles. The zero-order valence-corrected chi connectivity index (χ0v) is 15.3. The lowest BCUT2D eigenvalue weighted by Crippen LogP contribution is -2.45. The Labute approximate surface area is 146 Å². The number of nitrogens with one attached hydrogen (secondary N) is 1. The lowest BCUT2D eigenvalue weighted by atomic mass is 9.94. The zero-order chi connectivity index (χ0) is 15.5. The quantitative estimate of drug-likeness (QED) is 0.667. The fourth-order valence-electron chi connectivity index (χ4n) is 1.98. The van der Waals surface area contributed by atoms with Crippen LogP contribution in [0.5, 0.6) is 0 Å². The summed E-state index contributed by atoms with van der Waals surface area (Å²) in [5, 5.41) is 4.07. The van der Waals surface area contributed by atoms with Crippen LogP contribution in [0.1, 0.15) is 22.8 Å². The Bertz CT molecular complexity index is 648. The maximum absolute atomic E-state index is 12.5. The summed E-state index contributed by atoms with van der Waals surface area (Å²) in [6.45, 7) is 1.97. The first-order chi connectivity index (χ1) is 9.96. The number of carbonyl (C=O) groups is 1. The highest BCUT2D eigenvalue weighted by atomic mass is 79.9. The van der Waals surface area contributed by atoms with E-state index in [0.29, 0.717) is 15.9 Å². The topological polar surface area (TPSA) is 29.1 Å². The molecule has 2 nitrogen and oxygen atoms in total. The summed E-state index contributed by atoms with van der Waals surface area (Å²) < 4.78 is 0.843. The molecule has 1 amide bonds. The number of amides is 1. The summed E-state index contributed by atoms with van der Waals surface area (Å²) in [6.07, 6.45) is 0. The molecule has 2 aromatic rings. The van der Waals surface area contributed by atoms with E-state index in [1.165, 1.54) is 0 Å². The van der Waals surface area contributed by atoms with Crippen LogP contribution < -0.4 is 5.32 Å². The molecule has 1 N–H and O–H groups in total. The third-order valence-electron chi connectivity index (χ3n) is 3.24. The number of halogens is 3. The van der Waals surface area contributed by atoms with E-state index in [4.69, 9.17) is 11.6 Å². The van der Waals surface area contributed by atoms with Gasteiger partial charge in [-0.05, 0) is 30.7 Å². The molecular weight excluding hydrogens is 417 g/mol. The average Bonchev–Trinajstić information content (AvgIpc) is 2.47. The van der Waals surface area contributed by atoms with Gasteiger partial charge in [-0.25, -0.2) is 0 Å². The molecule has 0 radical (unpaired) electrons. The van der Waals surface area contributed by atoms with E-state index in [0.717, 1.165) is 10.0 Å². The third kappa shape index (κ3) is 3.87. The maximum Gasteiger partial charge on any atom is 0.253 e. The molecule has 0 aromatic heterocycles. The summed E-state index contributed by atoms with van der Waals surface area (Å²) in [5.41, 5.74) is 0.987. The summed E-state index contributed by atoms with van der Waals surface area (Å²) in [6, 6.07) is 15.1. The van der Waals surface area contributed by atoms with Crippen LogP contribution in [0.4, 0.5) is 0 Å². The highest BCUT2D eigenvalue weighted by Crippen LogP contribution is 2.26. The van der Waals surface area contributed by atoms with Gasteiger partial charge in [0.25, 0.3) is 5.91 Å². The molecule has 21 heavy (non-hydrogen) atoms. The van der Waals surface area contributed by atoms with Crippen molar-refractivity contribution >= 4 is 49.4 Å². The molecule has 0 aliphatic carbocycles. The van der Waals surface area contributed by atoms with Crippen molar-refractivity contribution in [2.24, 2.45) is 0 Å². The normalized spacial score (nSPS) is 13.5. The fourth-order valence-corrected chi connectivity index (χ4v) is 3.20. The van der Waals surface area contributed by atoms with E-state index >= 15 is 0 Å². The standard InChI is InChI=1S/C16H14Br2ClNO/c1-16(10-17,11-5-3-2-4-6-11)20-15(21)13-8-7-12(18)9-14(13)19/h2-9H,10H2,1H3,(H,20,21). The monoisotopic (exact) mass is 429 g/mol. The SMILES string of the molecule is CC(CBr)(NC(=O)c1ccc(Br)cc1Cl)c1ccccc1. The molecule has 0 saturated heterocycles. The predicted octanol–water partition coefficient (Wildman–Crippen LogP) is 5.14. The van der Waals surface area contributed by atoms with Crippen molar-refractivity contribution in [3.63, 3.8) is 0 Å². The van der Waals surface area contributed by atoms with Crippen LogP contribution in [0.3, 0.4) is 0 Å². The molecule has 0 fully saturated rings. The fraction of sp³-hybridized carbons (Fsp3) is 0.188. The number of rotatable bonds is 4. The molecule has 0 aliphatic heterocycles. The molecule has 110 valence electrons. The first-order valence-corrected chi connectivity index (χ1v) is 8.64. The van der Waals surface area contributed by atoms with Crippen LogP contribution in [0.15, 0.2) is 53.0 Å². The van der Waals surface area contributed by atoms with Crippen molar-refractivity contribution in [1.82, 2.24) is 5.32 Å². The molecular formula is C16H14Br2ClNO. The highest BCUT2D eigenvalue weighted by Gasteiger charge is 2.28. The smallest absolute Gasteiger partial charge is 0.253 e. The van der Waals surface area contributed by atoms with Crippen molar-refractivity contribution in [1.29, 1.82) is 0 Å². The van der Waals surface area contributed by atoms with Crippen molar-refractivity contribution in [3.8, 4) is 0 Å². The Hall–Kier alpha value is -0.840. The summed E-state index contributed by atoms with van der Waals surface area (Å²) in [7, 11) is 0. The Morgan fingerprint density at radius 3 is 2.48 bits per heavy atom. The van der Waals surface area contributed by atoms with Gasteiger partial charge < -0.3 is 5.32 Å². The van der Waals surface area contributed by atoms with E-state index in [-0.39, 0.29) is 5.91 Å². The summed E-state index contributed by atoms with van der Waals surface area (Å²) in [5.74, 6) is -0.196. The predicted molar refractivity (Wildman–Crippen MR) is 94.2 cm³/mol. The maximum atomic E-state index is 12.5. The minimum atomic E-state index is -0.505. The van der Waals surface area contributed by atoms with Crippen molar-refractivity contribution < 1.29 is 4.79 Å². The lowest BCUT2D eigenvalue weighted by molar-refractivity contribution is 0.0914. The molecule has 2 rings (SSSR count). The Morgan fingerprint density at radius 2 is 1.90 bits per heavy atom. The molecule has 0 bridgehead atoms. The van der Waals surface area contributed by atoms with Gasteiger partial charge in [0.15, 0.2) is 0 Å². The largest absolute Gasteiger partial charge is 0.342 e. The van der Waals surface area contributed by atoms with Gasteiger partial charge in [-0.2, -0.15) is 0 Å². The van der Waals surface area contributed by atoms with E-state index in [2.05, 4.69) is 37.2 Å². The molecule has 5 heteroatoms. The van der Waals surface area contributed by atoms with Crippen molar-refractivity contribution in [2.75, 3.05) is 5.33 Å². The van der Waals surface area contributed by atoms with Crippen LogP contribution in [0, 0.1) is 0 Å². The van der Waals surface area contributed by atoms with Gasteiger partial charge in [0.2, 0.25) is 0 Å². The molecule has 0 heterocycles. The number of hydrogen-bond donors (Lipinski definition) is 1. The van der Waals surface area contributed by atoms with Crippen LogP contribution in [-0.2, 0) is 5.54 Å². The number of benzene rings is 2. The number of hydrogen-bond acceptors (Lipinski definition) is 1. The van der Waals surface area contributed by atoms with Gasteiger partial charge in [0.1, 0.15) is 0 Å². The number of alkyl halides is 1. The van der Waals surface area contributed by atoms with Crippen LogP contribution >= 0.6 is 43.5 Å². The molecule has 1 atom stereocenters. The summed E-state index contributed by atoms with van der Waals surface area (Å²) >= 11 is 13.0.